The third kappa shape index (κ3) is 3.26. The number of anilines is 1. The highest BCUT2D eigenvalue weighted by Crippen LogP contribution is 2.14. The highest BCUT2D eigenvalue weighted by Gasteiger charge is 2.09. The third-order valence-electron chi connectivity index (χ3n) is 2.43. The van der Waals surface area contributed by atoms with Crippen molar-refractivity contribution in [1.29, 1.82) is 0 Å². The predicted molar refractivity (Wildman–Crippen MR) is 69.4 cm³/mol. The Balaban J connectivity index is 1.90. The number of hydrogen-bond acceptors (Lipinski definition) is 5. The lowest BCUT2D eigenvalue weighted by atomic mass is 10.2. The van der Waals surface area contributed by atoms with E-state index in [9.17, 15) is 0 Å². The van der Waals surface area contributed by atoms with Gasteiger partial charge in [-0.25, -0.2) is 4.98 Å². The number of nitrogens with one attached hydrogen (secondary N) is 2. The molecule has 0 radical (unpaired) electrons. The van der Waals surface area contributed by atoms with Crippen LogP contribution in [0.1, 0.15) is 31.1 Å². The van der Waals surface area contributed by atoms with Crippen LogP contribution in [-0.2, 0) is 12.8 Å². The van der Waals surface area contributed by atoms with Gasteiger partial charge in [-0.2, -0.15) is 9.47 Å². The second-order valence-electron chi connectivity index (χ2n) is 4.16. The Kier molecular flexibility index (Phi) is 3.73. The summed E-state index contributed by atoms with van der Waals surface area (Å²) < 4.78 is 4.25. The number of hydrogen-bond donors (Lipinski definition) is 2. The lowest BCUT2D eigenvalue weighted by Crippen LogP contribution is -2.18. The van der Waals surface area contributed by atoms with Gasteiger partial charge in [0.05, 0.1) is 5.69 Å². The SMILES string of the molecule is CCc1nsc(NC(C)Cc2cc(C)[nH]n2)n1. The summed E-state index contributed by atoms with van der Waals surface area (Å²) >= 11 is 1.42. The molecule has 1 unspecified atom stereocenters. The largest absolute Gasteiger partial charge is 0.357 e. The Labute approximate surface area is 105 Å². The van der Waals surface area contributed by atoms with Crippen molar-refractivity contribution in [2.24, 2.45) is 0 Å². The average molecular weight is 251 g/mol. The van der Waals surface area contributed by atoms with Crippen LogP contribution in [0, 0.1) is 6.92 Å². The Hall–Kier alpha value is -1.43. The lowest BCUT2D eigenvalue weighted by molar-refractivity contribution is 0.762. The molecule has 0 spiro atoms. The molecule has 2 heterocycles. The van der Waals surface area contributed by atoms with Gasteiger partial charge in [-0.05, 0) is 19.9 Å². The van der Waals surface area contributed by atoms with Gasteiger partial charge >= 0.3 is 0 Å². The molecule has 0 aliphatic rings. The molecule has 0 aliphatic carbocycles. The molecule has 0 bridgehead atoms. The van der Waals surface area contributed by atoms with E-state index in [0.29, 0.717) is 6.04 Å². The first kappa shape index (κ1) is 12.0. The van der Waals surface area contributed by atoms with E-state index in [0.717, 1.165) is 35.2 Å². The minimum atomic E-state index is 0.301. The van der Waals surface area contributed by atoms with E-state index >= 15 is 0 Å². The highest BCUT2D eigenvalue weighted by molar-refractivity contribution is 7.09. The van der Waals surface area contributed by atoms with Crippen molar-refractivity contribution < 1.29 is 0 Å². The maximum atomic E-state index is 4.38. The van der Waals surface area contributed by atoms with E-state index < -0.39 is 0 Å². The summed E-state index contributed by atoms with van der Waals surface area (Å²) in [6.45, 7) is 6.19. The second kappa shape index (κ2) is 5.27. The maximum absolute atomic E-state index is 4.38. The predicted octanol–water partition coefficient (Wildman–Crippen LogP) is 2.18. The van der Waals surface area contributed by atoms with Gasteiger partial charge in [0.15, 0.2) is 0 Å². The van der Waals surface area contributed by atoms with Gasteiger partial charge < -0.3 is 5.32 Å². The highest BCUT2D eigenvalue weighted by atomic mass is 32.1. The van der Waals surface area contributed by atoms with Gasteiger partial charge in [0.25, 0.3) is 0 Å². The van der Waals surface area contributed by atoms with Crippen LogP contribution in [0.15, 0.2) is 6.07 Å². The molecule has 0 saturated carbocycles. The fourth-order valence-corrected chi connectivity index (χ4v) is 2.37. The van der Waals surface area contributed by atoms with Gasteiger partial charge in [-0.15, -0.1) is 0 Å². The molecule has 92 valence electrons. The van der Waals surface area contributed by atoms with E-state index in [1.54, 1.807) is 0 Å². The van der Waals surface area contributed by atoms with Crippen LogP contribution < -0.4 is 5.32 Å². The molecule has 6 heteroatoms. The first-order valence-corrected chi connectivity index (χ1v) is 6.54. The molecule has 5 nitrogen and oxygen atoms in total. The van der Waals surface area contributed by atoms with Crippen LogP contribution in [0.5, 0.6) is 0 Å². The number of rotatable bonds is 5. The van der Waals surface area contributed by atoms with Crippen LogP contribution in [0.4, 0.5) is 5.13 Å². The Morgan fingerprint density at radius 1 is 1.53 bits per heavy atom. The molecule has 0 fully saturated rings. The van der Waals surface area contributed by atoms with Gasteiger partial charge in [-0.1, -0.05) is 6.92 Å². The van der Waals surface area contributed by atoms with Gasteiger partial charge in [0.1, 0.15) is 5.82 Å². The zero-order valence-corrected chi connectivity index (χ0v) is 11.1. The summed E-state index contributed by atoms with van der Waals surface area (Å²) in [6.07, 6.45) is 1.76. The van der Waals surface area contributed by atoms with E-state index in [1.807, 2.05) is 6.92 Å². The molecule has 0 aromatic carbocycles. The number of aromatic amines is 1. The van der Waals surface area contributed by atoms with Crippen molar-refractivity contribution >= 4 is 16.7 Å². The Morgan fingerprint density at radius 2 is 2.35 bits per heavy atom. The first-order valence-electron chi connectivity index (χ1n) is 5.77. The van der Waals surface area contributed by atoms with E-state index in [-0.39, 0.29) is 0 Å². The van der Waals surface area contributed by atoms with Crippen molar-refractivity contribution in [3.63, 3.8) is 0 Å². The molecule has 2 aromatic heterocycles. The minimum Gasteiger partial charge on any atom is -0.357 e. The minimum absolute atomic E-state index is 0.301. The monoisotopic (exact) mass is 251 g/mol. The zero-order chi connectivity index (χ0) is 12.3. The van der Waals surface area contributed by atoms with Crippen LogP contribution >= 0.6 is 11.5 Å². The van der Waals surface area contributed by atoms with Crippen molar-refractivity contribution in [2.45, 2.75) is 39.7 Å². The van der Waals surface area contributed by atoms with Gasteiger partial charge in [0, 0.05) is 36.1 Å². The smallest absolute Gasteiger partial charge is 0.202 e. The third-order valence-corrected chi connectivity index (χ3v) is 3.11. The summed E-state index contributed by atoms with van der Waals surface area (Å²) in [7, 11) is 0. The summed E-state index contributed by atoms with van der Waals surface area (Å²) in [5, 5.41) is 11.4. The first-order chi connectivity index (χ1) is 8.17. The summed E-state index contributed by atoms with van der Waals surface area (Å²) in [6, 6.07) is 2.37. The molecule has 17 heavy (non-hydrogen) atoms. The molecular weight excluding hydrogens is 234 g/mol. The van der Waals surface area contributed by atoms with Crippen LogP contribution in [0.3, 0.4) is 0 Å². The molecule has 2 aromatic rings. The summed E-state index contributed by atoms with van der Waals surface area (Å²) in [4.78, 5) is 4.38. The van der Waals surface area contributed by atoms with Crippen molar-refractivity contribution in [2.75, 3.05) is 5.32 Å². The maximum Gasteiger partial charge on any atom is 0.202 e. The fraction of sp³-hybridized carbons (Fsp3) is 0.545. The van der Waals surface area contributed by atoms with Crippen molar-refractivity contribution in [3.8, 4) is 0 Å². The Bertz CT molecular complexity index is 476. The van der Waals surface area contributed by atoms with Crippen molar-refractivity contribution in [3.05, 3.63) is 23.3 Å². The molecule has 1 atom stereocenters. The fourth-order valence-electron chi connectivity index (χ4n) is 1.61. The van der Waals surface area contributed by atoms with E-state index in [2.05, 4.69) is 44.8 Å². The zero-order valence-electron chi connectivity index (χ0n) is 10.3. The lowest BCUT2D eigenvalue weighted by Gasteiger charge is -2.10. The number of nitrogens with zero attached hydrogens (tertiary/aromatic N) is 3. The Morgan fingerprint density at radius 3 is 2.94 bits per heavy atom. The van der Waals surface area contributed by atoms with Crippen molar-refractivity contribution in [1.82, 2.24) is 19.6 Å². The molecule has 0 amide bonds. The van der Waals surface area contributed by atoms with Gasteiger partial charge in [-0.3, -0.25) is 5.10 Å². The normalized spacial score (nSPS) is 12.6. The average Bonchev–Trinajstić information content (AvgIpc) is 2.88. The topological polar surface area (TPSA) is 66.5 Å². The quantitative estimate of drug-likeness (QED) is 0.854. The van der Waals surface area contributed by atoms with Crippen LogP contribution in [0.25, 0.3) is 0 Å². The number of aryl methyl sites for hydroxylation is 2. The van der Waals surface area contributed by atoms with Crippen LogP contribution in [-0.4, -0.2) is 25.6 Å². The molecule has 2 rings (SSSR count). The molecular formula is C11H17N5S. The van der Waals surface area contributed by atoms with Gasteiger partial charge in [0.2, 0.25) is 5.13 Å². The number of aromatic nitrogens is 4. The summed E-state index contributed by atoms with van der Waals surface area (Å²) in [5.41, 5.74) is 2.17. The summed E-state index contributed by atoms with van der Waals surface area (Å²) in [5.74, 6) is 0.903. The molecule has 0 saturated heterocycles. The second-order valence-corrected chi connectivity index (χ2v) is 4.91. The van der Waals surface area contributed by atoms with E-state index in [4.69, 9.17) is 0 Å². The standard InChI is InChI=1S/C11H17N5S/c1-4-10-13-11(17-16-10)12-7(2)5-9-6-8(3)14-15-9/h6-7H,4-5H2,1-3H3,(H,14,15)(H,12,13,16). The number of H-pyrrole nitrogens is 1. The van der Waals surface area contributed by atoms with E-state index in [1.165, 1.54) is 11.5 Å². The molecule has 0 aliphatic heterocycles. The molecule has 2 N–H and O–H groups in total. The van der Waals surface area contributed by atoms with Crippen LogP contribution in [0.2, 0.25) is 0 Å².